The molecule has 1 N–H and O–H groups in total. The lowest BCUT2D eigenvalue weighted by Gasteiger charge is -2.43. The van der Waals surface area contributed by atoms with Gasteiger partial charge in [-0.2, -0.15) is 0 Å². The van der Waals surface area contributed by atoms with E-state index in [-0.39, 0.29) is 17.0 Å². The molecule has 5 nitrogen and oxygen atoms in total. The molecule has 0 saturated heterocycles. The third kappa shape index (κ3) is 5.45. The zero-order chi connectivity index (χ0) is 24.8. The van der Waals surface area contributed by atoms with Gasteiger partial charge in [-0.1, -0.05) is 88.4 Å². The summed E-state index contributed by atoms with van der Waals surface area (Å²) in [4.78, 5) is 13.0. The first-order chi connectivity index (χ1) is 16.2. The van der Waals surface area contributed by atoms with Gasteiger partial charge >= 0.3 is 6.09 Å². The van der Waals surface area contributed by atoms with Gasteiger partial charge in [-0.25, -0.2) is 4.79 Å². The molecule has 3 aromatic rings. The molecule has 0 bridgehead atoms. The molecule has 0 unspecified atom stereocenters. The van der Waals surface area contributed by atoms with Crippen molar-refractivity contribution in [1.29, 1.82) is 0 Å². The number of carbonyl (C=O) groups is 1. The summed E-state index contributed by atoms with van der Waals surface area (Å²) >= 11 is 0. The van der Waals surface area contributed by atoms with Crippen LogP contribution in [0.2, 0.25) is 5.04 Å². The summed E-state index contributed by atoms with van der Waals surface area (Å²) in [6.07, 6.45) is 2.28. The van der Waals surface area contributed by atoms with Gasteiger partial charge in [-0.05, 0) is 46.3 Å². The molecule has 1 heterocycles. The second kappa shape index (κ2) is 11.1. The maximum atomic E-state index is 11.7. The third-order valence-corrected chi connectivity index (χ3v) is 11.7. The van der Waals surface area contributed by atoms with Crippen molar-refractivity contribution in [1.82, 2.24) is 4.90 Å². The van der Waals surface area contributed by atoms with Crippen LogP contribution in [-0.4, -0.2) is 38.1 Å². The zero-order valence-electron chi connectivity index (χ0n) is 20.9. The van der Waals surface area contributed by atoms with Crippen LogP contribution in [-0.2, 0) is 4.43 Å². The fourth-order valence-corrected chi connectivity index (χ4v) is 9.59. The fourth-order valence-electron chi connectivity index (χ4n) is 4.98. The van der Waals surface area contributed by atoms with Gasteiger partial charge in [0.15, 0.2) is 0 Å². The van der Waals surface area contributed by atoms with Crippen molar-refractivity contribution in [2.24, 2.45) is 5.92 Å². The largest absolute Gasteiger partial charge is 0.467 e. The number of hydrogen-bond acceptors (Lipinski definition) is 3. The Morgan fingerprint density at radius 3 is 2.00 bits per heavy atom. The second-order valence-electron chi connectivity index (χ2n) is 9.98. The van der Waals surface area contributed by atoms with Crippen LogP contribution in [0.5, 0.6) is 0 Å². The number of rotatable bonds is 10. The molecule has 0 aliphatic carbocycles. The van der Waals surface area contributed by atoms with Crippen molar-refractivity contribution in [2.75, 3.05) is 13.7 Å². The van der Waals surface area contributed by atoms with Crippen LogP contribution in [0, 0.1) is 5.92 Å². The van der Waals surface area contributed by atoms with E-state index in [1.807, 2.05) is 18.2 Å². The Kier molecular flexibility index (Phi) is 8.39. The van der Waals surface area contributed by atoms with E-state index in [9.17, 15) is 9.90 Å². The monoisotopic (exact) mass is 479 g/mol. The van der Waals surface area contributed by atoms with Crippen LogP contribution >= 0.6 is 0 Å². The van der Waals surface area contributed by atoms with Crippen molar-refractivity contribution in [3.05, 3.63) is 84.8 Å². The maximum Gasteiger partial charge on any atom is 0.407 e. The molecule has 0 fully saturated rings. The summed E-state index contributed by atoms with van der Waals surface area (Å²) in [5.74, 6) is 0.750. The van der Waals surface area contributed by atoms with Crippen molar-refractivity contribution in [3.63, 3.8) is 0 Å². The van der Waals surface area contributed by atoms with Crippen molar-refractivity contribution < 1.29 is 18.7 Å². The van der Waals surface area contributed by atoms with Gasteiger partial charge in [-0.3, -0.25) is 0 Å². The Bertz CT molecular complexity index is 976. The number of hydrogen-bond donors (Lipinski definition) is 1. The van der Waals surface area contributed by atoms with Crippen LogP contribution in [0.15, 0.2) is 83.5 Å². The van der Waals surface area contributed by atoms with Gasteiger partial charge in [0, 0.05) is 13.7 Å². The average molecular weight is 480 g/mol. The number of furan rings is 1. The minimum absolute atomic E-state index is 0.0679. The number of nitrogens with zero attached hydrogens (tertiary/aromatic N) is 1. The Labute approximate surface area is 204 Å². The maximum absolute atomic E-state index is 11.7. The number of amides is 1. The highest BCUT2D eigenvalue weighted by atomic mass is 28.4. The lowest BCUT2D eigenvalue weighted by molar-refractivity contribution is 0.110. The van der Waals surface area contributed by atoms with E-state index in [2.05, 4.69) is 76.2 Å². The Hall–Kier alpha value is -2.83. The summed E-state index contributed by atoms with van der Waals surface area (Å²) in [6.45, 7) is 9.51. The van der Waals surface area contributed by atoms with E-state index < -0.39 is 14.4 Å². The molecule has 0 aliphatic heterocycles. The standard InChI is InChI=1S/C28H37NO4Si/c1-22(26(29(5)27(30)31)25-19-13-20-32-25)14-12-21-33-34(28(2,3)4,23-15-8-6-9-16-23)24-17-10-7-11-18-24/h6-11,13,15-20,22,26H,12,14,21H2,1-5H3,(H,30,31)/t22-,26+/m1/s1. The predicted molar refractivity (Wildman–Crippen MR) is 139 cm³/mol. The summed E-state index contributed by atoms with van der Waals surface area (Å²) in [7, 11) is -0.962. The highest BCUT2D eigenvalue weighted by molar-refractivity contribution is 6.99. The smallest absolute Gasteiger partial charge is 0.407 e. The van der Waals surface area contributed by atoms with E-state index in [0.29, 0.717) is 12.4 Å². The van der Waals surface area contributed by atoms with Crippen molar-refractivity contribution in [3.8, 4) is 0 Å². The van der Waals surface area contributed by atoms with Gasteiger partial charge in [-0.15, -0.1) is 0 Å². The first kappa shape index (κ1) is 25.8. The summed E-state index contributed by atoms with van der Waals surface area (Å²) in [6, 6.07) is 24.6. The molecule has 3 rings (SSSR count). The lowest BCUT2D eigenvalue weighted by Crippen LogP contribution is -2.66. The minimum Gasteiger partial charge on any atom is -0.467 e. The van der Waals surface area contributed by atoms with Gasteiger partial charge in [0.25, 0.3) is 8.32 Å². The SMILES string of the molecule is C[C@H](CCCO[Si](c1ccccc1)(c1ccccc1)C(C)(C)C)[C@@H](c1ccco1)N(C)C(=O)O. The zero-order valence-corrected chi connectivity index (χ0v) is 21.9. The first-order valence-electron chi connectivity index (χ1n) is 11.9. The van der Waals surface area contributed by atoms with Crippen molar-refractivity contribution in [2.45, 2.75) is 51.6 Å². The van der Waals surface area contributed by atoms with Crippen LogP contribution in [0.3, 0.4) is 0 Å². The van der Waals surface area contributed by atoms with Crippen molar-refractivity contribution >= 4 is 24.8 Å². The molecule has 1 amide bonds. The molecule has 0 aliphatic rings. The molecule has 6 heteroatoms. The van der Waals surface area contributed by atoms with Gasteiger partial charge < -0.3 is 18.8 Å². The molecular weight excluding hydrogens is 442 g/mol. The Morgan fingerprint density at radius 2 is 1.56 bits per heavy atom. The second-order valence-corrected chi connectivity index (χ2v) is 14.3. The molecule has 0 radical (unpaired) electrons. The summed E-state index contributed by atoms with van der Waals surface area (Å²) in [5, 5.41) is 12.0. The van der Waals surface area contributed by atoms with E-state index in [1.165, 1.54) is 15.3 Å². The van der Waals surface area contributed by atoms with Crippen LogP contribution in [0.25, 0.3) is 0 Å². The highest BCUT2D eigenvalue weighted by Crippen LogP contribution is 2.37. The third-order valence-electron chi connectivity index (χ3n) is 6.63. The highest BCUT2D eigenvalue weighted by Gasteiger charge is 2.50. The van der Waals surface area contributed by atoms with Gasteiger partial charge in [0.2, 0.25) is 0 Å². The molecular formula is C28H37NO4Si. The van der Waals surface area contributed by atoms with E-state index in [0.717, 1.165) is 12.8 Å². The molecule has 182 valence electrons. The number of benzene rings is 2. The quantitative estimate of drug-likeness (QED) is 0.289. The molecule has 0 saturated carbocycles. The minimum atomic E-state index is -2.56. The lowest BCUT2D eigenvalue weighted by atomic mass is 9.94. The predicted octanol–water partition coefficient (Wildman–Crippen LogP) is 5.92. The first-order valence-corrected chi connectivity index (χ1v) is 13.8. The normalized spacial score (nSPS) is 13.9. The molecule has 34 heavy (non-hydrogen) atoms. The topological polar surface area (TPSA) is 62.9 Å². The molecule has 2 aromatic carbocycles. The Balaban J connectivity index is 1.81. The average Bonchev–Trinajstić information content (AvgIpc) is 3.34. The van der Waals surface area contributed by atoms with E-state index in [1.54, 1.807) is 19.4 Å². The van der Waals surface area contributed by atoms with Crippen LogP contribution in [0.4, 0.5) is 4.79 Å². The van der Waals surface area contributed by atoms with E-state index in [4.69, 9.17) is 8.84 Å². The molecule has 0 spiro atoms. The van der Waals surface area contributed by atoms with Gasteiger partial charge in [0.05, 0.1) is 12.3 Å². The summed E-state index contributed by atoms with van der Waals surface area (Å²) in [5.41, 5.74) is 0. The molecule has 1 aromatic heterocycles. The summed E-state index contributed by atoms with van der Waals surface area (Å²) < 4.78 is 12.6. The fraction of sp³-hybridized carbons (Fsp3) is 0.393. The van der Waals surface area contributed by atoms with Crippen LogP contribution < -0.4 is 10.4 Å². The molecule has 2 atom stereocenters. The van der Waals surface area contributed by atoms with Crippen LogP contribution in [0.1, 0.15) is 52.3 Å². The van der Waals surface area contributed by atoms with E-state index >= 15 is 0 Å². The number of carboxylic acid groups (broad SMARTS) is 1. The Morgan fingerprint density at radius 1 is 1.00 bits per heavy atom. The van der Waals surface area contributed by atoms with Gasteiger partial charge in [0.1, 0.15) is 5.76 Å².